The quantitative estimate of drug-likeness (QED) is 0.862. The van der Waals surface area contributed by atoms with E-state index in [2.05, 4.69) is 41.1 Å². The molecule has 2 unspecified atom stereocenters. The molecule has 2 saturated heterocycles. The fraction of sp³-hybridized carbons (Fsp3) is 0.600. The second-order valence-electron chi connectivity index (χ2n) is 7.41. The molecular formula is C20H28N2O2. The summed E-state index contributed by atoms with van der Waals surface area (Å²) in [6.45, 7) is 8.70. The van der Waals surface area contributed by atoms with Gasteiger partial charge in [0.1, 0.15) is 11.4 Å². The van der Waals surface area contributed by atoms with Crippen LogP contribution in [-0.4, -0.2) is 49.4 Å². The van der Waals surface area contributed by atoms with Gasteiger partial charge in [-0.05, 0) is 32.0 Å². The van der Waals surface area contributed by atoms with Gasteiger partial charge >= 0.3 is 0 Å². The van der Waals surface area contributed by atoms with Crippen LogP contribution >= 0.6 is 0 Å². The average Bonchev–Trinajstić information content (AvgIpc) is 3.04. The van der Waals surface area contributed by atoms with Gasteiger partial charge in [0.05, 0.1) is 13.2 Å². The van der Waals surface area contributed by atoms with E-state index < -0.39 is 0 Å². The summed E-state index contributed by atoms with van der Waals surface area (Å²) in [6, 6.07) is 9.46. The zero-order valence-corrected chi connectivity index (χ0v) is 14.4. The van der Waals surface area contributed by atoms with E-state index in [0.29, 0.717) is 12.1 Å². The normalized spacial score (nSPS) is 30.9. The molecule has 1 spiro atoms. The zero-order chi connectivity index (χ0) is 16.4. The maximum absolute atomic E-state index is 6.36. The van der Waals surface area contributed by atoms with Crippen molar-refractivity contribution in [2.45, 2.75) is 43.4 Å². The van der Waals surface area contributed by atoms with Crippen LogP contribution in [0.25, 0.3) is 0 Å². The lowest BCUT2D eigenvalue weighted by atomic mass is 9.85. The van der Waals surface area contributed by atoms with Crippen LogP contribution in [0.3, 0.4) is 0 Å². The van der Waals surface area contributed by atoms with Crippen LogP contribution in [0.4, 0.5) is 0 Å². The van der Waals surface area contributed by atoms with Crippen LogP contribution < -0.4 is 10.1 Å². The monoisotopic (exact) mass is 328 g/mol. The van der Waals surface area contributed by atoms with Gasteiger partial charge in [-0.15, -0.1) is 6.58 Å². The molecule has 2 fully saturated rings. The number of nitrogens with zero attached hydrogens (tertiary/aromatic N) is 1. The number of hydrogen-bond acceptors (Lipinski definition) is 4. The molecule has 1 aromatic rings. The first kappa shape index (κ1) is 16.1. The van der Waals surface area contributed by atoms with Crippen molar-refractivity contribution in [3.63, 3.8) is 0 Å². The molecule has 0 aromatic heterocycles. The third kappa shape index (κ3) is 3.23. The Morgan fingerprint density at radius 1 is 1.29 bits per heavy atom. The van der Waals surface area contributed by atoms with Crippen molar-refractivity contribution in [1.82, 2.24) is 10.2 Å². The lowest BCUT2D eigenvalue weighted by molar-refractivity contribution is 0.0160. The van der Waals surface area contributed by atoms with Crippen LogP contribution in [0.2, 0.25) is 0 Å². The fourth-order valence-electron chi connectivity index (χ4n) is 4.35. The van der Waals surface area contributed by atoms with E-state index in [9.17, 15) is 0 Å². The molecule has 0 saturated carbocycles. The highest BCUT2D eigenvalue weighted by Crippen LogP contribution is 2.43. The van der Waals surface area contributed by atoms with Gasteiger partial charge in [-0.25, -0.2) is 0 Å². The second kappa shape index (κ2) is 6.87. The highest BCUT2D eigenvalue weighted by Gasteiger charge is 2.44. The molecule has 1 N–H and O–H groups in total. The molecule has 0 amide bonds. The third-order valence-corrected chi connectivity index (χ3v) is 5.68. The summed E-state index contributed by atoms with van der Waals surface area (Å²) in [5, 5.41) is 3.94. The molecule has 3 heterocycles. The Hall–Kier alpha value is -1.36. The average molecular weight is 328 g/mol. The minimum Gasteiger partial charge on any atom is -0.484 e. The summed E-state index contributed by atoms with van der Waals surface area (Å²) in [5.41, 5.74) is 1.18. The van der Waals surface area contributed by atoms with Crippen LogP contribution in [0.15, 0.2) is 36.9 Å². The first-order valence-corrected chi connectivity index (χ1v) is 9.23. The number of hydrogen-bond donors (Lipinski definition) is 1. The molecule has 0 aliphatic carbocycles. The van der Waals surface area contributed by atoms with E-state index in [4.69, 9.17) is 9.47 Å². The number of piperidine rings is 1. The second-order valence-corrected chi connectivity index (χ2v) is 7.41. The Labute approximate surface area is 144 Å². The molecule has 0 radical (unpaired) electrons. The molecule has 4 rings (SSSR count). The van der Waals surface area contributed by atoms with Crippen molar-refractivity contribution >= 4 is 0 Å². The highest BCUT2D eigenvalue weighted by atomic mass is 16.6. The molecule has 3 aliphatic rings. The maximum Gasteiger partial charge on any atom is 0.136 e. The topological polar surface area (TPSA) is 33.7 Å². The summed E-state index contributed by atoms with van der Waals surface area (Å²) in [7, 11) is 0. The Kier molecular flexibility index (Phi) is 4.61. The van der Waals surface area contributed by atoms with Gasteiger partial charge in [-0.3, -0.25) is 4.90 Å². The summed E-state index contributed by atoms with van der Waals surface area (Å²) in [6.07, 6.45) is 6.42. The Morgan fingerprint density at radius 3 is 2.88 bits per heavy atom. The first-order valence-electron chi connectivity index (χ1n) is 9.23. The van der Waals surface area contributed by atoms with E-state index in [1.165, 1.54) is 18.4 Å². The van der Waals surface area contributed by atoms with E-state index in [0.717, 1.165) is 51.4 Å². The molecule has 2 atom stereocenters. The van der Waals surface area contributed by atoms with Crippen molar-refractivity contribution in [2.24, 2.45) is 0 Å². The third-order valence-electron chi connectivity index (χ3n) is 5.68. The van der Waals surface area contributed by atoms with Crippen molar-refractivity contribution in [3.8, 4) is 5.75 Å². The molecule has 130 valence electrons. The number of fused-ring (bicyclic) bond motifs is 1. The van der Waals surface area contributed by atoms with E-state index in [1.807, 2.05) is 6.08 Å². The number of likely N-dealkylation sites (tertiary alicyclic amines) is 1. The van der Waals surface area contributed by atoms with Gasteiger partial charge in [-0.1, -0.05) is 24.3 Å². The molecule has 1 aromatic carbocycles. The maximum atomic E-state index is 6.36. The van der Waals surface area contributed by atoms with Crippen molar-refractivity contribution in [1.29, 1.82) is 0 Å². The summed E-state index contributed by atoms with van der Waals surface area (Å²) < 4.78 is 12.0. The van der Waals surface area contributed by atoms with Gasteiger partial charge in [0.15, 0.2) is 0 Å². The number of rotatable bonds is 4. The smallest absolute Gasteiger partial charge is 0.136 e. The van der Waals surface area contributed by atoms with Crippen LogP contribution in [0.1, 0.15) is 37.3 Å². The van der Waals surface area contributed by atoms with Gasteiger partial charge in [-0.2, -0.15) is 0 Å². The predicted molar refractivity (Wildman–Crippen MR) is 95.4 cm³/mol. The molecule has 24 heavy (non-hydrogen) atoms. The lowest BCUT2D eigenvalue weighted by Gasteiger charge is -2.41. The minimum absolute atomic E-state index is 0.129. The molecule has 4 heteroatoms. The van der Waals surface area contributed by atoms with Gasteiger partial charge in [0.25, 0.3) is 0 Å². The Morgan fingerprint density at radius 2 is 2.12 bits per heavy atom. The first-order chi connectivity index (χ1) is 11.8. The minimum atomic E-state index is -0.129. The zero-order valence-electron chi connectivity index (χ0n) is 14.4. The van der Waals surface area contributed by atoms with Crippen LogP contribution in [0.5, 0.6) is 5.75 Å². The molecule has 3 aliphatic heterocycles. The van der Waals surface area contributed by atoms with Gasteiger partial charge < -0.3 is 14.8 Å². The Bertz CT molecular complexity index is 575. The summed E-state index contributed by atoms with van der Waals surface area (Å²) in [5.74, 6) is 1.04. The van der Waals surface area contributed by atoms with Crippen LogP contribution in [0, 0.1) is 0 Å². The van der Waals surface area contributed by atoms with Gasteiger partial charge in [0.2, 0.25) is 0 Å². The number of benzene rings is 1. The fourth-order valence-corrected chi connectivity index (χ4v) is 4.35. The van der Waals surface area contributed by atoms with E-state index in [-0.39, 0.29) is 5.60 Å². The standard InChI is InChI=1S/C20H28N2O2/c1-2-10-22-11-7-16(8-12-22)21-18-14-20(9-13-23-15-20)24-19-6-4-3-5-17(18)19/h2-6,16,18,21H,1,7-15H2. The molecule has 4 nitrogen and oxygen atoms in total. The predicted octanol–water partition coefficient (Wildman–Crippen LogP) is 2.91. The Balaban J connectivity index is 1.47. The summed E-state index contributed by atoms with van der Waals surface area (Å²) >= 11 is 0. The van der Waals surface area contributed by atoms with Gasteiger partial charge in [0, 0.05) is 37.0 Å². The number of para-hydroxylation sites is 1. The van der Waals surface area contributed by atoms with Crippen LogP contribution in [-0.2, 0) is 4.74 Å². The van der Waals surface area contributed by atoms with Crippen molar-refractivity contribution < 1.29 is 9.47 Å². The number of ether oxygens (including phenoxy) is 2. The van der Waals surface area contributed by atoms with E-state index in [1.54, 1.807) is 0 Å². The van der Waals surface area contributed by atoms with E-state index >= 15 is 0 Å². The number of nitrogens with one attached hydrogen (secondary N) is 1. The van der Waals surface area contributed by atoms with Crippen molar-refractivity contribution in [2.75, 3.05) is 32.8 Å². The lowest BCUT2D eigenvalue weighted by Crippen LogP contribution is -2.49. The van der Waals surface area contributed by atoms with Crippen molar-refractivity contribution in [3.05, 3.63) is 42.5 Å². The highest BCUT2D eigenvalue weighted by molar-refractivity contribution is 5.39. The SMILES string of the molecule is C=CCN1CCC(NC2CC3(CCOC3)Oc3ccccc32)CC1. The molecule has 0 bridgehead atoms. The molecular weight excluding hydrogens is 300 g/mol. The summed E-state index contributed by atoms with van der Waals surface area (Å²) in [4.78, 5) is 2.48. The largest absolute Gasteiger partial charge is 0.484 e.